The molecular weight excluding hydrogens is 358 g/mol. The minimum Gasteiger partial charge on any atom is -0.379 e. The highest BCUT2D eigenvalue weighted by Crippen LogP contribution is 2.33. The van der Waals surface area contributed by atoms with Crippen molar-refractivity contribution in [3.05, 3.63) is 34.5 Å². The summed E-state index contributed by atoms with van der Waals surface area (Å²) in [5, 5.41) is 10.5. The van der Waals surface area contributed by atoms with E-state index in [1.807, 2.05) is 4.52 Å². The van der Waals surface area contributed by atoms with Crippen molar-refractivity contribution in [1.82, 2.24) is 19.5 Å². The Labute approximate surface area is 164 Å². The zero-order valence-corrected chi connectivity index (χ0v) is 17.1. The second kappa shape index (κ2) is 7.96. The third kappa shape index (κ3) is 3.72. The van der Waals surface area contributed by atoms with Gasteiger partial charge in [-0.05, 0) is 45.2 Å². The van der Waals surface area contributed by atoms with Gasteiger partial charge in [-0.1, -0.05) is 6.07 Å². The summed E-state index contributed by atoms with van der Waals surface area (Å²) in [6.07, 6.45) is 1.10. The van der Waals surface area contributed by atoms with E-state index < -0.39 is 0 Å². The van der Waals surface area contributed by atoms with Gasteiger partial charge in [0.05, 0.1) is 24.5 Å². The van der Waals surface area contributed by atoms with Crippen LogP contribution in [0.4, 0.5) is 5.82 Å². The van der Waals surface area contributed by atoms with Gasteiger partial charge in [0.2, 0.25) is 0 Å². The molecule has 7 heteroatoms. The highest BCUT2D eigenvalue weighted by atomic mass is 32.1. The van der Waals surface area contributed by atoms with Crippen molar-refractivity contribution in [2.45, 2.75) is 27.2 Å². The number of nitrogens with one attached hydrogen (secondary N) is 1. The van der Waals surface area contributed by atoms with Gasteiger partial charge in [0.15, 0.2) is 5.65 Å². The summed E-state index contributed by atoms with van der Waals surface area (Å²) in [5.74, 6) is 1.06. The van der Waals surface area contributed by atoms with E-state index in [2.05, 4.69) is 48.5 Å². The third-order valence-corrected chi connectivity index (χ3v) is 6.12. The molecule has 27 heavy (non-hydrogen) atoms. The normalized spacial score (nSPS) is 15.5. The lowest BCUT2D eigenvalue weighted by molar-refractivity contribution is 0.0378. The number of hydrogen-bond donors (Lipinski definition) is 1. The second-order valence-electron chi connectivity index (χ2n) is 7.08. The maximum Gasteiger partial charge on any atom is 0.166 e. The molecule has 0 spiro atoms. The fraction of sp³-hybridized carbons (Fsp3) is 0.500. The number of ether oxygens (including phenoxy) is 1. The summed E-state index contributed by atoms with van der Waals surface area (Å²) in [6, 6.07) is 4.22. The molecule has 0 saturated carbocycles. The number of fused-ring (bicyclic) bond motifs is 1. The van der Waals surface area contributed by atoms with E-state index in [1.165, 1.54) is 4.88 Å². The molecule has 1 N–H and O–H groups in total. The van der Waals surface area contributed by atoms with Gasteiger partial charge in [0.25, 0.3) is 0 Å². The van der Waals surface area contributed by atoms with Gasteiger partial charge in [-0.2, -0.15) is 9.61 Å². The Bertz CT molecular complexity index is 912. The molecule has 144 valence electrons. The van der Waals surface area contributed by atoms with Crippen LogP contribution in [0.2, 0.25) is 0 Å². The lowest BCUT2D eigenvalue weighted by Gasteiger charge is -2.26. The summed E-state index contributed by atoms with van der Waals surface area (Å²) in [6.45, 7) is 12.1. The summed E-state index contributed by atoms with van der Waals surface area (Å²) in [4.78, 5) is 8.55. The maximum absolute atomic E-state index is 5.42. The number of anilines is 1. The standard InChI is InChI=1S/C20H27N5OS/c1-14-15(2)22-20-18(17-6-4-13-27-17)16(3)23-25(20)19(14)21-7-5-8-24-9-11-26-12-10-24/h4,6,13,21H,5,7-12H2,1-3H3. The summed E-state index contributed by atoms with van der Waals surface area (Å²) < 4.78 is 7.41. The smallest absolute Gasteiger partial charge is 0.166 e. The molecule has 3 aromatic rings. The number of hydrogen-bond acceptors (Lipinski definition) is 6. The number of aryl methyl sites for hydroxylation is 2. The van der Waals surface area contributed by atoms with Crippen LogP contribution >= 0.6 is 11.3 Å². The molecule has 1 saturated heterocycles. The number of nitrogens with zero attached hydrogens (tertiary/aromatic N) is 4. The lowest BCUT2D eigenvalue weighted by Crippen LogP contribution is -2.37. The molecule has 0 bridgehead atoms. The van der Waals surface area contributed by atoms with Crippen molar-refractivity contribution in [3.63, 3.8) is 0 Å². The SMILES string of the molecule is Cc1nc2c(-c3cccs3)c(C)nn2c(NCCCN2CCOCC2)c1C. The van der Waals surface area contributed by atoms with E-state index in [9.17, 15) is 0 Å². The molecule has 0 amide bonds. The minimum absolute atomic E-state index is 0.856. The van der Waals surface area contributed by atoms with Gasteiger partial charge in [-0.25, -0.2) is 4.98 Å². The Morgan fingerprint density at radius 1 is 1.19 bits per heavy atom. The molecule has 0 aliphatic carbocycles. The topological polar surface area (TPSA) is 54.7 Å². The largest absolute Gasteiger partial charge is 0.379 e. The minimum atomic E-state index is 0.856. The first-order valence-corrected chi connectivity index (χ1v) is 10.5. The van der Waals surface area contributed by atoms with Gasteiger partial charge in [-0.3, -0.25) is 4.90 Å². The second-order valence-corrected chi connectivity index (χ2v) is 8.03. The zero-order chi connectivity index (χ0) is 18.8. The van der Waals surface area contributed by atoms with Gasteiger partial charge in [0.1, 0.15) is 5.82 Å². The van der Waals surface area contributed by atoms with Gasteiger partial charge >= 0.3 is 0 Å². The molecule has 6 nitrogen and oxygen atoms in total. The monoisotopic (exact) mass is 385 g/mol. The van der Waals surface area contributed by atoms with Crippen molar-refractivity contribution >= 4 is 22.8 Å². The molecule has 1 aliphatic rings. The molecule has 3 aromatic heterocycles. The van der Waals surface area contributed by atoms with Crippen LogP contribution in [0.15, 0.2) is 17.5 Å². The van der Waals surface area contributed by atoms with Crippen LogP contribution in [0, 0.1) is 20.8 Å². The van der Waals surface area contributed by atoms with E-state index >= 15 is 0 Å². The summed E-state index contributed by atoms with van der Waals surface area (Å²) in [7, 11) is 0. The third-order valence-electron chi connectivity index (χ3n) is 5.23. The predicted octanol–water partition coefficient (Wildman–Crippen LogP) is 3.52. The van der Waals surface area contributed by atoms with Crippen molar-refractivity contribution in [2.24, 2.45) is 0 Å². The molecule has 4 rings (SSSR count). The zero-order valence-electron chi connectivity index (χ0n) is 16.3. The average Bonchev–Trinajstić information content (AvgIpc) is 3.29. The van der Waals surface area contributed by atoms with Crippen LogP contribution in [0.5, 0.6) is 0 Å². The van der Waals surface area contributed by atoms with Crippen LogP contribution < -0.4 is 5.32 Å². The molecular formula is C20H27N5OS. The maximum atomic E-state index is 5.42. The Hall–Kier alpha value is -1.96. The number of morpholine rings is 1. The Kier molecular flexibility index (Phi) is 5.43. The fourth-order valence-corrected chi connectivity index (χ4v) is 4.42. The van der Waals surface area contributed by atoms with E-state index in [0.717, 1.165) is 79.8 Å². The first-order chi connectivity index (χ1) is 13.1. The Morgan fingerprint density at radius 3 is 2.74 bits per heavy atom. The van der Waals surface area contributed by atoms with Gasteiger partial charge < -0.3 is 10.1 Å². The van der Waals surface area contributed by atoms with Crippen LogP contribution in [-0.4, -0.2) is 58.9 Å². The summed E-state index contributed by atoms with van der Waals surface area (Å²) >= 11 is 1.73. The van der Waals surface area contributed by atoms with E-state index in [0.29, 0.717) is 0 Å². The molecule has 1 aliphatic heterocycles. The average molecular weight is 386 g/mol. The van der Waals surface area contributed by atoms with Crippen molar-refractivity contribution in [2.75, 3.05) is 44.7 Å². The van der Waals surface area contributed by atoms with Crippen LogP contribution in [0.3, 0.4) is 0 Å². The highest BCUT2D eigenvalue weighted by molar-refractivity contribution is 7.13. The van der Waals surface area contributed by atoms with Crippen molar-refractivity contribution < 1.29 is 4.74 Å². The first kappa shape index (κ1) is 18.4. The van der Waals surface area contributed by atoms with Crippen LogP contribution in [-0.2, 0) is 4.74 Å². The van der Waals surface area contributed by atoms with E-state index in [-0.39, 0.29) is 0 Å². The lowest BCUT2D eigenvalue weighted by atomic mass is 10.2. The number of thiophene rings is 1. The highest BCUT2D eigenvalue weighted by Gasteiger charge is 2.19. The molecule has 0 radical (unpaired) electrons. The Morgan fingerprint density at radius 2 is 2.00 bits per heavy atom. The van der Waals surface area contributed by atoms with Crippen LogP contribution in [0.1, 0.15) is 23.4 Å². The van der Waals surface area contributed by atoms with E-state index in [4.69, 9.17) is 14.8 Å². The number of rotatable bonds is 6. The quantitative estimate of drug-likeness (QED) is 0.658. The first-order valence-electron chi connectivity index (χ1n) is 9.59. The number of aromatic nitrogens is 3. The molecule has 0 unspecified atom stereocenters. The van der Waals surface area contributed by atoms with E-state index in [1.54, 1.807) is 11.3 Å². The van der Waals surface area contributed by atoms with Crippen LogP contribution in [0.25, 0.3) is 16.1 Å². The fourth-order valence-electron chi connectivity index (χ4n) is 3.60. The molecule has 4 heterocycles. The molecule has 0 aromatic carbocycles. The Balaban J connectivity index is 1.56. The predicted molar refractivity (Wildman–Crippen MR) is 111 cm³/mol. The molecule has 0 atom stereocenters. The van der Waals surface area contributed by atoms with Crippen molar-refractivity contribution in [3.8, 4) is 10.4 Å². The van der Waals surface area contributed by atoms with Gasteiger partial charge in [-0.15, -0.1) is 11.3 Å². The van der Waals surface area contributed by atoms with Crippen molar-refractivity contribution in [1.29, 1.82) is 0 Å². The van der Waals surface area contributed by atoms with Gasteiger partial charge in [0, 0.05) is 35.8 Å². The molecule has 1 fully saturated rings. The summed E-state index contributed by atoms with van der Waals surface area (Å²) in [5.41, 5.74) is 5.31.